The maximum Gasteiger partial charge on any atom is 0.509 e. The molecule has 1 aromatic rings. The Morgan fingerprint density at radius 3 is 2.65 bits per heavy atom. The molecule has 0 spiro atoms. The summed E-state index contributed by atoms with van der Waals surface area (Å²) in [6.07, 6.45) is -0.813. The quantitative estimate of drug-likeness (QED) is 0.449. The summed E-state index contributed by atoms with van der Waals surface area (Å²) in [5.74, 6) is 0. The molecule has 0 saturated heterocycles. The highest BCUT2D eigenvalue weighted by atomic mass is 127. The van der Waals surface area contributed by atoms with Crippen molar-refractivity contribution in [1.82, 2.24) is 0 Å². The number of rotatable bonds is 6. The first-order valence-corrected chi connectivity index (χ1v) is 6.76. The molecule has 0 aromatic heterocycles. The van der Waals surface area contributed by atoms with E-state index in [0.717, 1.165) is 5.56 Å². The maximum absolute atomic E-state index is 10.9. The summed E-state index contributed by atoms with van der Waals surface area (Å²) >= 11 is 1.93. The zero-order valence-electron chi connectivity index (χ0n) is 9.60. The third kappa shape index (κ3) is 6.48. The standard InChI is InChI=1S/C12H15IO4/c1-10(7-16-12(14)17-9-13)15-8-11-5-3-2-4-6-11/h2-6,10H,7-9H2,1H3. The van der Waals surface area contributed by atoms with Crippen LogP contribution >= 0.6 is 22.6 Å². The first-order valence-electron chi connectivity index (χ1n) is 5.23. The summed E-state index contributed by atoms with van der Waals surface area (Å²) in [5.41, 5.74) is 1.09. The van der Waals surface area contributed by atoms with Crippen LogP contribution in [0.5, 0.6) is 0 Å². The highest BCUT2D eigenvalue weighted by molar-refractivity contribution is 14.1. The Morgan fingerprint density at radius 1 is 1.29 bits per heavy atom. The smallest absolute Gasteiger partial charge is 0.432 e. The second kappa shape index (κ2) is 8.30. The minimum Gasteiger partial charge on any atom is -0.432 e. The van der Waals surface area contributed by atoms with Crippen LogP contribution in [0.3, 0.4) is 0 Å². The second-order valence-electron chi connectivity index (χ2n) is 3.42. The molecule has 0 aliphatic heterocycles. The van der Waals surface area contributed by atoms with Crippen molar-refractivity contribution in [3.8, 4) is 0 Å². The van der Waals surface area contributed by atoms with Gasteiger partial charge in [-0.25, -0.2) is 4.79 Å². The van der Waals surface area contributed by atoms with Crippen molar-refractivity contribution < 1.29 is 19.0 Å². The minimum atomic E-state index is -0.658. The third-order valence-electron chi connectivity index (χ3n) is 1.99. The Balaban J connectivity index is 2.17. The molecular weight excluding hydrogens is 335 g/mol. The van der Waals surface area contributed by atoms with Gasteiger partial charge in [-0.2, -0.15) is 0 Å². The molecular formula is C12H15IO4. The molecule has 0 N–H and O–H groups in total. The van der Waals surface area contributed by atoms with Crippen LogP contribution < -0.4 is 0 Å². The molecule has 0 saturated carbocycles. The number of alkyl halides is 1. The number of carbonyl (C=O) groups is 1. The van der Waals surface area contributed by atoms with Crippen LogP contribution in [-0.4, -0.2) is 23.5 Å². The first kappa shape index (κ1) is 14.2. The molecule has 4 nitrogen and oxygen atoms in total. The van der Waals surface area contributed by atoms with Crippen molar-refractivity contribution in [2.75, 3.05) is 11.2 Å². The van der Waals surface area contributed by atoms with Crippen LogP contribution in [0.2, 0.25) is 0 Å². The van der Waals surface area contributed by atoms with Gasteiger partial charge in [0.1, 0.15) is 11.2 Å². The summed E-state index contributed by atoms with van der Waals surface area (Å²) in [5, 5.41) is 0. The number of ether oxygens (including phenoxy) is 3. The number of benzene rings is 1. The van der Waals surface area contributed by atoms with Gasteiger partial charge in [0.25, 0.3) is 0 Å². The average molecular weight is 350 g/mol. The number of carbonyl (C=O) groups excluding carboxylic acids is 1. The van der Waals surface area contributed by atoms with E-state index in [4.69, 9.17) is 9.47 Å². The van der Waals surface area contributed by atoms with E-state index in [1.807, 2.05) is 59.8 Å². The van der Waals surface area contributed by atoms with Gasteiger partial charge in [0.15, 0.2) is 0 Å². The lowest BCUT2D eigenvalue weighted by Gasteiger charge is -2.13. The van der Waals surface area contributed by atoms with Gasteiger partial charge in [-0.1, -0.05) is 30.3 Å². The maximum atomic E-state index is 10.9. The van der Waals surface area contributed by atoms with Gasteiger partial charge in [-0.05, 0) is 35.1 Å². The largest absolute Gasteiger partial charge is 0.509 e. The lowest BCUT2D eigenvalue weighted by Crippen LogP contribution is -2.19. The Kier molecular flexibility index (Phi) is 6.95. The Hall–Kier alpha value is -0.820. The van der Waals surface area contributed by atoms with Crippen LogP contribution in [0.25, 0.3) is 0 Å². The number of hydrogen-bond acceptors (Lipinski definition) is 4. The first-order chi connectivity index (χ1) is 8.22. The summed E-state index contributed by atoms with van der Waals surface area (Å²) in [4.78, 5) is 10.9. The molecule has 1 atom stereocenters. The number of halogens is 1. The fourth-order valence-electron chi connectivity index (χ4n) is 1.13. The van der Waals surface area contributed by atoms with E-state index in [1.165, 1.54) is 0 Å². The molecule has 0 bridgehead atoms. The monoisotopic (exact) mass is 350 g/mol. The van der Waals surface area contributed by atoms with Gasteiger partial charge in [-0.3, -0.25) is 0 Å². The average Bonchev–Trinajstić information content (AvgIpc) is 2.35. The minimum absolute atomic E-state index is 0.156. The Labute approximate surface area is 114 Å². The third-order valence-corrected chi connectivity index (χ3v) is 2.30. The highest BCUT2D eigenvalue weighted by Gasteiger charge is 2.08. The van der Waals surface area contributed by atoms with Crippen molar-refractivity contribution >= 4 is 28.7 Å². The van der Waals surface area contributed by atoms with Gasteiger partial charge >= 0.3 is 6.16 Å². The van der Waals surface area contributed by atoms with E-state index in [-0.39, 0.29) is 17.3 Å². The lowest BCUT2D eigenvalue weighted by atomic mass is 10.2. The van der Waals surface area contributed by atoms with Gasteiger partial charge in [-0.15, -0.1) is 0 Å². The lowest BCUT2D eigenvalue weighted by molar-refractivity contribution is -0.0107. The molecule has 0 amide bonds. The molecule has 0 aliphatic rings. The van der Waals surface area contributed by atoms with E-state index < -0.39 is 6.16 Å². The van der Waals surface area contributed by atoms with Crippen molar-refractivity contribution in [2.45, 2.75) is 19.6 Å². The summed E-state index contributed by atoms with van der Waals surface area (Å²) < 4.78 is 15.3. The molecule has 0 aliphatic carbocycles. The van der Waals surface area contributed by atoms with Crippen molar-refractivity contribution in [3.05, 3.63) is 35.9 Å². The molecule has 1 unspecified atom stereocenters. The predicted molar refractivity (Wildman–Crippen MR) is 72.0 cm³/mol. The van der Waals surface area contributed by atoms with Gasteiger partial charge in [0.05, 0.1) is 12.7 Å². The topological polar surface area (TPSA) is 44.8 Å². The van der Waals surface area contributed by atoms with Crippen molar-refractivity contribution in [1.29, 1.82) is 0 Å². The molecule has 1 rings (SSSR count). The fourth-order valence-corrected chi connectivity index (χ4v) is 1.39. The van der Waals surface area contributed by atoms with Crippen LogP contribution in [0, 0.1) is 0 Å². The van der Waals surface area contributed by atoms with E-state index >= 15 is 0 Å². The van der Waals surface area contributed by atoms with E-state index in [1.54, 1.807) is 0 Å². The molecule has 1 aromatic carbocycles. The van der Waals surface area contributed by atoms with Crippen molar-refractivity contribution in [2.24, 2.45) is 0 Å². The molecule has 94 valence electrons. The van der Waals surface area contributed by atoms with E-state index in [2.05, 4.69) is 4.74 Å². The summed E-state index contributed by atoms with van der Waals surface area (Å²) in [6.45, 7) is 2.55. The summed E-state index contributed by atoms with van der Waals surface area (Å²) in [7, 11) is 0. The normalized spacial score (nSPS) is 11.9. The zero-order valence-corrected chi connectivity index (χ0v) is 11.8. The Bertz CT molecular complexity index is 329. The number of hydrogen-bond donors (Lipinski definition) is 0. The molecule has 0 heterocycles. The van der Waals surface area contributed by atoms with Gasteiger partial charge in [0.2, 0.25) is 0 Å². The van der Waals surface area contributed by atoms with Crippen LogP contribution in [0.15, 0.2) is 30.3 Å². The molecule has 0 fully saturated rings. The summed E-state index contributed by atoms with van der Waals surface area (Å²) in [6, 6.07) is 9.83. The fraction of sp³-hybridized carbons (Fsp3) is 0.417. The molecule has 0 radical (unpaired) electrons. The van der Waals surface area contributed by atoms with E-state index in [0.29, 0.717) is 6.61 Å². The SMILES string of the molecule is CC(COC(=O)OCI)OCc1ccccc1. The molecule has 5 heteroatoms. The van der Waals surface area contributed by atoms with Crippen LogP contribution in [-0.2, 0) is 20.8 Å². The van der Waals surface area contributed by atoms with Crippen molar-refractivity contribution in [3.63, 3.8) is 0 Å². The highest BCUT2D eigenvalue weighted by Crippen LogP contribution is 2.04. The van der Waals surface area contributed by atoms with Gasteiger partial charge in [0, 0.05) is 0 Å². The second-order valence-corrected chi connectivity index (χ2v) is 4.04. The Morgan fingerprint density at radius 2 is 2.00 bits per heavy atom. The van der Waals surface area contributed by atoms with Crippen LogP contribution in [0.4, 0.5) is 4.79 Å². The zero-order chi connectivity index (χ0) is 12.5. The molecule has 17 heavy (non-hydrogen) atoms. The predicted octanol–water partition coefficient (Wildman–Crippen LogP) is 3.14. The van der Waals surface area contributed by atoms with Gasteiger partial charge < -0.3 is 14.2 Å². The van der Waals surface area contributed by atoms with E-state index in [9.17, 15) is 4.79 Å². The van der Waals surface area contributed by atoms with Crippen LogP contribution in [0.1, 0.15) is 12.5 Å².